The maximum Gasteiger partial charge on any atom is 0.471 e. The zero-order valence-electron chi connectivity index (χ0n) is 17.5. The molecule has 1 aliphatic rings. The predicted molar refractivity (Wildman–Crippen MR) is 112 cm³/mol. The smallest absolute Gasteiger partial charge is 0.471 e. The van der Waals surface area contributed by atoms with Gasteiger partial charge in [0.15, 0.2) is 0 Å². The van der Waals surface area contributed by atoms with E-state index >= 15 is 0 Å². The molecule has 0 radical (unpaired) electrons. The van der Waals surface area contributed by atoms with Gasteiger partial charge in [0, 0.05) is 16.5 Å². The molecule has 0 atom stereocenters. The van der Waals surface area contributed by atoms with Gasteiger partial charge in [-0.3, -0.25) is 0 Å². The van der Waals surface area contributed by atoms with Crippen molar-refractivity contribution >= 4 is 8.56 Å². The molecular weight excluding hydrogens is 336 g/mol. The highest BCUT2D eigenvalue weighted by Crippen LogP contribution is 2.53. The Morgan fingerprint density at radius 2 is 1.08 bits per heavy atom. The molecule has 0 bridgehead atoms. The lowest BCUT2D eigenvalue weighted by molar-refractivity contribution is 0.289. The third-order valence-electron chi connectivity index (χ3n) is 5.29. The maximum absolute atomic E-state index is 6.91. The summed E-state index contributed by atoms with van der Waals surface area (Å²) in [5.74, 6) is 1.97. The van der Waals surface area contributed by atoms with Crippen LogP contribution in [0.1, 0.15) is 63.8 Å². The fourth-order valence-electron chi connectivity index (χ4n) is 4.16. The molecule has 2 nitrogen and oxygen atoms in total. The van der Waals surface area contributed by atoms with Crippen LogP contribution < -0.4 is 8.85 Å². The summed E-state index contributed by atoms with van der Waals surface area (Å²) in [4.78, 5) is 0. The Labute approximate surface area is 159 Å². The van der Waals surface area contributed by atoms with Gasteiger partial charge in [-0.1, -0.05) is 76.9 Å². The Hall–Kier alpha value is -1.74. The number of aryl methyl sites for hydroxylation is 2. The highest BCUT2D eigenvalue weighted by atomic mass is 28.4. The summed E-state index contributed by atoms with van der Waals surface area (Å²) in [5, 5.41) is -0.181. The van der Waals surface area contributed by atoms with Crippen molar-refractivity contribution in [2.24, 2.45) is 0 Å². The molecule has 1 aliphatic heterocycles. The van der Waals surface area contributed by atoms with Crippen LogP contribution in [0.3, 0.4) is 0 Å². The first-order chi connectivity index (χ1) is 11.9. The molecule has 0 N–H and O–H groups in total. The Kier molecular flexibility index (Phi) is 4.51. The molecule has 2 aromatic rings. The minimum atomic E-state index is -2.71. The molecule has 0 saturated carbocycles. The van der Waals surface area contributed by atoms with Crippen LogP contribution in [-0.2, 0) is 6.42 Å². The molecule has 0 unspecified atom stereocenters. The van der Waals surface area contributed by atoms with Crippen LogP contribution >= 0.6 is 0 Å². The molecule has 2 aromatic carbocycles. The van der Waals surface area contributed by atoms with Gasteiger partial charge in [-0.25, -0.2) is 0 Å². The summed E-state index contributed by atoms with van der Waals surface area (Å²) in [6.45, 7) is 17.8. The van der Waals surface area contributed by atoms with Gasteiger partial charge in [-0.2, -0.15) is 0 Å². The SMILES string of the molecule is Cc1ccc2c(c1)Cc1cc(C)ccc1O[Si](C(C)(C)C)(C(C)(C)C)O2. The van der Waals surface area contributed by atoms with E-state index in [1.165, 1.54) is 22.3 Å². The van der Waals surface area contributed by atoms with Crippen LogP contribution in [-0.4, -0.2) is 8.56 Å². The van der Waals surface area contributed by atoms with Crippen molar-refractivity contribution in [3.63, 3.8) is 0 Å². The number of fused-ring (bicyclic) bond motifs is 2. The summed E-state index contributed by atoms with van der Waals surface area (Å²) in [6.07, 6.45) is 0.840. The van der Waals surface area contributed by atoms with Crippen molar-refractivity contribution in [3.8, 4) is 11.5 Å². The lowest BCUT2D eigenvalue weighted by atomic mass is 10.00. The molecule has 0 fully saturated rings. The molecule has 0 spiro atoms. The first-order valence-corrected chi connectivity index (χ1v) is 11.3. The molecule has 0 aromatic heterocycles. The van der Waals surface area contributed by atoms with E-state index in [1.807, 2.05) is 0 Å². The van der Waals surface area contributed by atoms with E-state index in [1.54, 1.807) is 0 Å². The second-order valence-corrected chi connectivity index (χ2v) is 14.4. The average molecular weight is 369 g/mol. The van der Waals surface area contributed by atoms with Gasteiger partial charge in [0.25, 0.3) is 0 Å². The van der Waals surface area contributed by atoms with Crippen LogP contribution in [0, 0.1) is 13.8 Å². The standard InChI is InChI=1S/C23H32O2Si/c1-16-9-11-20-18(13-16)15-19-14-17(2)10-12-21(19)25-26(24-20,22(3,4)5)23(6,7)8/h9-14H,15H2,1-8H3. The van der Waals surface area contributed by atoms with E-state index in [0.29, 0.717) is 0 Å². The zero-order chi connectivity index (χ0) is 19.3. The average Bonchev–Trinajstić information content (AvgIpc) is 2.46. The summed E-state index contributed by atoms with van der Waals surface area (Å²) in [6, 6.07) is 13.1. The highest BCUT2D eigenvalue weighted by molar-refractivity contribution is 6.74. The van der Waals surface area contributed by atoms with Gasteiger partial charge in [0.2, 0.25) is 0 Å². The lowest BCUT2D eigenvalue weighted by Crippen LogP contribution is -2.62. The molecule has 0 amide bonds. The first-order valence-electron chi connectivity index (χ1n) is 9.50. The van der Waals surface area contributed by atoms with Crippen molar-refractivity contribution in [1.29, 1.82) is 0 Å². The van der Waals surface area contributed by atoms with Crippen LogP contribution in [0.2, 0.25) is 10.1 Å². The molecular formula is C23H32O2Si. The van der Waals surface area contributed by atoms with Crippen molar-refractivity contribution in [2.75, 3.05) is 0 Å². The van der Waals surface area contributed by atoms with Crippen molar-refractivity contribution in [3.05, 3.63) is 58.7 Å². The van der Waals surface area contributed by atoms with E-state index in [-0.39, 0.29) is 10.1 Å². The van der Waals surface area contributed by atoms with Crippen molar-refractivity contribution in [1.82, 2.24) is 0 Å². The summed E-state index contributed by atoms with van der Waals surface area (Å²) < 4.78 is 13.8. The number of benzene rings is 2. The minimum Gasteiger partial charge on any atom is -0.511 e. The lowest BCUT2D eigenvalue weighted by Gasteiger charge is -2.49. The molecule has 1 heterocycles. The zero-order valence-corrected chi connectivity index (χ0v) is 18.5. The molecule has 3 heteroatoms. The van der Waals surface area contributed by atoms with E-state index in [4.69, 9.17) is 8.85 Å². The minimum absolute atomic E-state index is 0.0904. The fourth-order valence-corrected chi connectivity index (χ4v) is 8.70. The maximum atomic E-state index is 6.91. The second kappa shape index (κ2) is 6.16. The van der Waals surface area contributed by atoms with Gasteiger partial charge < -0.3 is 8.85 Å². The van der Waals surface area contributed by atoms with Gasteiger partial charge in [0.05, 0.1) is 0 Å². The fraction of sp³-hybridized carbons (Fsp3) is 0.478. The van der Waals surface area contributed by atoms with Crippen molar-refractivity contribution in [2.45, 2.75) is 71.9 Å². The largest absolute Gasteiger partial charge is 0.511 e. The Bertz CT molecular complexity index is 756. The third kappa shape index (κ3) is 3.18. The third-order valence-corrected chi connectivity index (χ3v) is 10.3. The molecule has 0 saturated heterocycles. The molecule has 26 heavy (non-hydrogen) atoms. The summed E-state index contributed by atoms with van der Waals surface area (Å²) in [7, 11) is -2.71. The predicted octanol–water partition coefficient (Wildman–Crippen LogP) is 6.71. The van der Waals surface area contributed by atoms with E-state index in [0.717, 1.165) is 17.9 Å². The van der Waals surface area contributed by atoms with Crippen LogP contribution in [0.25, 0.3) is 0 Å². The van der Waals surface area contributed by atoms with Gasteiger partial charge in [0.1, 0.15) is 11.5 Å². The van der Waals surface area contributed by atoms with E-state index < -0.39 is 8.56 Å². The summed E-state index contributed by atoms with van der Waals surface area (Å²) >= 11 is 0. The van der Waals surface area contributed by atoms with Gasteiger partial charge >= 0.3 is 8.56 Å². The topological polar surface area (TPSA) is 18.5 Å². The van der Waals surface area contributed by atoms with Crippen LogP contribution in [0.4, 0.5) is 0 Å². The Balaban J connectivity index is 2.31. The monoisotopic (exact) mass is 368 g/mol. The first kappa shape index (κ1) is 19.0. The Morgan fingerprint density at radius 1 is 0.692 bits per heavy atom. The van der Waals surface area contributed by atoms with E-state index in [2.05, 4.69) is 91.8 Å². The quantitative estimate of drug-likeness (QED) is 0.481. The van der Waals surface area contributed by atoms with Crippen LogP contribution in [0.15, 0.2) is 36.4 Å². The van der Waals surface area contributed by atoms with Gasteiger partial charge in [-0.15, -0.1) is 0 Å². The van der Waals surface area contributed by atoms with E-state index in [9.17, 15) is 0 Å². The van der Waals surface area contributed by atoms with Crippen LogP contribution in [0.5, 0.6) is 11.5 Å². The number of hydrogen-bond donors (Lipinski definition) is 0. The van der Waals surface area contributed by atoms with Gasteiger partial charge in [-0.05, 0) is 37.1 Å². The normalized spacial score (nSPS) is 16.5. The molecule has 3 rings (SSSR count). The highest BCUT2D eigenvalue weighted by Gasteiger charge is 2.62. The molecule has 140 valence electrons. The second-order valence-electron chi connectivity index (χ2n) is 9.72. The molecule has 0 aliphatic carbocycles. The Morgan fingerprint density at radius 3 is 1.42 bits per heavy atom. The number of rotatable bonds is 0. The summed E-state index contributed by atoms with van der Waals surface area (Å²) in [5.41, 5.74) is 5.04. The number of hydrogen-bond acceptors (Lipinski definition) is 2. The van der Waals surface area contributed by atoms with Crippen molar-refractivity contribution < 1.29 is 8.85 Å².